The molecule has 0 unspecified atom stereocenters. The molecule has 0 aliphatic carbocycles. The van der Waals surface area contributed by atoms with E-state index in [-0.39, 0.29) is 14.9 Å². The summed E-state index contributed by atoms with van der Waals surface area (Å²) in [5.41, 5.74) is 0. The molecule has 0 fully saturated rings. The fourth-order valence-corrected chi connectivity index (χ4v) is 2.65. The summed E-state index contributed by atoms with van der Waals surface area (Å²) in [5, 5.41) is 8.53. The van der Waals surface area contributed by atoms with Crippen LogP contribution in [0.1, 0.15) is 6.92 Å². The van der Waals surface area contributed by atoms with Crippen LogP contribution in [0.5, 0.6) is 0 Å². The standard InChI is InChI=1S/C8H7Cl2NO4S.C3H6/c9-5-1-2-6(10)7(3-5)16(14,15)11-4-8(12)13;1-3-2/h1-3,11H,4H2,(H,12,13);3H,1H2,2H3. The molecule has 5 nitrogen and oxygen atoms in total. The quantitative estimate of drug-likeness (QED) is 0.833. The highest BCUT2D eigenvalue weighted by Gasteiger charge is 2.18. The van der Waals surface area contributed by atoms with Gasteiger partial charge in [0.2, 0.25) is 10.0 Å². The van der Waals surface area contributed by atoms with Gasteiger partial charge in [-0.1, -0.05) is 29.3 Å². The van der Waals surface area contributed by atoms with E-state index >= 15 is 0 Å². The van der Waals surface area contributed by atoms with Gasteiger partial charge in [-0.05, 0) is 25.1 Å². The molecule has 8 heteroatoms. The highest BCUT2D eigenvalue weighted by atomic mass is 35.5. The Morgan fingerprint density at radius 2 is 2.00 bits per heavy atom. The van der Waals surface area contributed by atoms with Crippen LogP contribution in [-0.2, 0) is 14.8 Å². The second-order valence-electron chi connectivity index (χ2n) is 3.20. The fourth-order valence-electron chi connectivity index (χ4n) is 0.918. The predicted octanol–water partition coefficient (Wildman–Crippen LogP) is 2.55. The molecule has 0 bridgehead atoms. The van der Waals surface area contributed by atoms with Crippen LogP contribution in [0, 0.1) is 0 Å². The van der Waals surface area contributed by atoms with E-state index in [9.17, 15) is 13.2 Å². The van der Waals surface area contributed by atoms with E-state index in [1.807, 2.05) is 11.6 Å². The molecule has 0 aromatic heterocycles. The van der Waals surface area contributed by atoms with Gasteiger partial charge in [-0.15, -0.1) is 6.58 Å². The van der Waals surface area contributed by atoms with Crippen molar-refractivity contribution in [3.63, 3.8) is 0 Å². The summed E-state index contributed by atoms with van der Waals surface area (Å²) in [6.45, 7) is 4.53. The van der Waals surface area contributed by atoms with Crippen molar-refractivity contribution in [1.29, 1.82) is 0 Å². The maximum absolute atomic E-state index is 11.6. The van der Waals surface area contributed by atoms with Gasteiger partial charge in [0.05, 0.1) is 5.02 Å². The summed E-state index contributed by atoms with van der Waals surface area (Å²) in [6, 6.07) is 3.90. The minimum absolute atomic E-state index is 0.0257. The van der Waals surface area contributed by atoms with Crippen molar-refractivity contribution in [3.05, 3.63) is 40.9 Å². The Hall–Kier alpha value is -1.08. The van der Waals surface area contributed by atoms with Gasteiger partial charge in [0.25, 0.3) is 0 Å². The van der Waals surface area contributed by atoms with E-state index in [0.29, 0.717) is 0 Å². The van der Waals surface area contributed by atoms with Crippen LogP contribution in [-0.4, -0.2) is 26.0 Å². The van der Waals surface area contributed by atoms with Crippen molar-refractivity contribution in [2.45, 2.75) is 11.8 Å². The molecule has 1 aromatic rings. The van der Waals surface area contributed by atoms with Gasteiger partial charge in [-0.25, -0.2) is 8.42 Å². The van der Waals surface area contributed by atoms with E-state index in [2.05, 4.69) is 6.58 Å². The van der Waals surface area contributed by atoms with Gasteiger partial charge >= 0.3 is 5.97 Å². The summed E-state index contributed by atoms with van der Waals surface area (Å²) in [5.74, 6) is -1.29. The highest BCUT2D eigenvalue weighted by Crippen LogP contribution is 2.24. The first kappa shape index (κ1) is 17.9. The third kappa shape index (κ3) is 6.58. The Labute approximate surface area is 121 Å². The van der Waals surface area contributed by atoms with E-state index < -0.39 is 22.5 Å². The van der Waals surface area contributed by atoms with Gasteiger partial charge in [0.15, 0.2) is 0 Å². The Balaban J connectivity index is 0.000000982. The lowest BCUT2D eigenvalue weighted by molar-refractivity contribution is -0.135. The number of halogens is 2. The molecule has 2 N–H and O–H groups in total. The summed E-state index contributed by atoms with van der Waals surface area (Å²) in [6.07, 6.45) is 1.75. The number of allylic oxidation sites excluding steroid dienone is 1. The molecule has 1 aromatic carbocycles. The van der Waals surface area contributed by atoms with Gasteiger partial charge in [0.1, 0.15) is 11.4 Å². The second kappa shape index (κ2) is 8.16. The Bertz CT molecular complexity index is 558. The molecule has 0 aliphatic heterocycles. The zero-order valence-corrected chi connectivity index (χ0v) is 12.4. The first-order chi connectivity index (χ1) is 8.74. The number of benzene rings is 1. The monoisotopic (exact) mass is 325 g/mol. The summed E-state index contributed by atoms with van der Waals surface area (Å²) >= 11 is 11.3. The van der Waals surface area contributed by atoms with Crippen LogP contribution in [0.3, 0.4) is 0 Å². The summed E-state index contributed by atoms with van der Waals surface area (Å²) in [4.78, 5) is 10.00. The average Bonchev–Trinajstić information content (AvgIpc) is 2.31. The molecular formula is C11H13Cl2NO4S. The van der Waals surface area contributed by atoms with Crippen LogP contribution >= 0.6 is 23.2 Å². The second-order valence-corrected chi connectivity index (χ2v) is 5.78. The molecule has 19 heavy (non-hydrogen) atoms. The van der Waals surface area contributed by atoms with E-state index in [1.54, 1.807) is 6.08 Å². The Morgan fingerprint density at radius 3 is 2.47 bits per heavy atom. The van der Waals surface area contributed by atoms with Gasteiger partial charge in [-0.2, -0.15) is 4.72 Å². The largest absolute Gasteiger partial charge is 0.480 e. The lowest BCUT2D eigenvalue weighted by Crippen LogP contribution is -2.29. The fraction of sp³-hybridized carbons (Fsp3) is 0.182. The smallest absolute Gasteiger partial charge is 0.318 e. The average molecular weight is 326 g/mol. The lowest BCUT2D eigenvalue weighted by Gasteiger charge is -2.06. The van der Waals surface area contributed by atoms with Crippen molar-refractivity contribution in [2.75, 3.05) is 6.54 Å². The van der Waals surface area contributed by atoms with E-state index in [0.717, 1.165) is 6.07 Å². The Morgan fingerprint density at radius 1 is 1.47 bits per heavy atom. The zero-order valence-electron chi connectivity index (χ0n) is 10.1. The highest BCUT2D eigenvalue weighted by molar-refractivity contribution is 7.89. The number of hydrogen-bond donors (Lipinski definition) is 2. The van der Waals surface area contributed by atoms with Crippen LogP contribution in [0.4, 0.5) is 0 Å². The van der Waals surface area contributed by atoms with Crippen molar-refractivity contribution in [1.82, 2.24) is 4.72 Å². The third-order valence-electron chi connectivity index (χ3n) is 1.60. The van der Waals surface area contributed by atoms with Gasteiger partial charge in [0, 0.05) is 5.02 Å². The number of carboxylic acid groups (broad SMARTS) is 1. The summed E-state index contributed by atoms with van der Waals surface area (Å²) in [7, 11) is -3.96. The molecule has 0 saturated heterocycles. The predicted molar refractivity (Wildman–Crippen MR) is 75.2 cm³/mol. The molecule has 0 amide bonds. The zero-order chi connectivity index (χ0) is 15.1. The number of hydrogen-bond acceptors (Lipinski definition) is 3. The van der Waals surface area contributed by atoms with Gasteiger partial charge < -0.3 is 5.11 Å². The molecule has 0 aliphatic rings. The SMILES string of the molecule is C=CC.O=C(O)CNS(=O)(=O)c1cc(Cl)ccc1Cl. The topological polar surface area (TPSA) is 83.5 Å². The minimum Gasteiger partial charge on any atom is -0.480 e. The summed E-state index contributed by atoms with van der Waals surface area (Å²) < 4.78 is 25.1. The van der Waals surface area contributed by atoms with E-state index in [4.69, 9.17) is 28.3 Å². The first-order valence-electron chi connectivity index (χ1n) is 4.98. The molecular weight excluding hydrogens is 313 g/mol. The molecule has 106 valence electrons. The maximum atomic E-state index is 11.6. The molecule has 0 radical (unpaired) electrons. The lowest BCUT2D eigenvalue weighted by atomic mass is 10.4. The number of carboxylic acids is 1. The third-order valence-corrected chi connectivity index (χ3v) is 3.71. The maximum Gasteiger partial charge on any atom is 0.318 e. The van der Waals surface area contributed by atoms with Crippen LogP contribution in [0.15, 0.2) is 35.7 Å². The van der Waals surface area contributed by atoms with Crippen molar-refractivity contribution >= 4 is 39.2 Å². The van der Waals surface area contributed by atoms with Crippen LogP contribution < -0.4 is 4.72 Å². The number of carbonyl (C=O) groups is 1. The number of aliphatic carboxylic acids is 1. The van der Waals surface area contributed by atoms with Crippen molar-refractivity contribution < 1.29 is 18.3 Å². The molecule has 0 heterocycles. The Kier molecular flexibility index (Phi) is 7.70. The van der Waals surface area contributed by atoms with Crippen molar-refractivity contribution in [3.8, 4) is 0 Å². The van der Waals surface area contributed by atoms with Crippen LogP contribution in [0.25, 0.3) is 0 Å². The van der Waals surface area contributed by atoms with Crippen molar-refractivity contribution in [2.24, 2.45) is 0 Å². The first-order valence-corrected chi connectivity index (χ1v) is 7.22. The van der Waals surface area contributed by atoms with Gasteiger partial charge in [-0.3, -0.25) is 4.79 Å². The number of sulfonamides is 1. The normalized spacial score (nSPS) is 10.3. The molecule has 0 atom stereocenters. The molecule has 0 spiro atoms. The van der Waals surface area contributed by atoms with Crippen LogP contribution in [0.2, 0.25) is 10.0 Å². The molecule has 1 rings (SSSR count). The van der Waals surface area contributed by atoms with E-state index in [1.165, 1.54) is 12.1 Å². The number of rotatable bonds is 4. The number of nitrogens with one attached hydrogen (secondary N) is 1. The molecule has 0 saturated carbocycles. The minimum atomic E-state index is -3.96.